The van der Waals surface area contributed by atoms with Crippen molar-refractivity contribution in [3.63, 3.8) is 0 Å². The van der Waals surface area contributed by atoms with Crippen molar-refractivity contribution >= 4 is 5.97 Å². The second-order valence-corrected chi connectivity index (χ2v) is 6.44. The van der Waals surface area contributed by atoms with Crippen molar-refractivity contribution in [2.75, 3.05) is 52.9 Å². The van der Waals surface area contributed by atoms with Crippen molar-refractivity contribution in [1.82, 2.24) is 0 Å². The zero-order valence-corrected chi connectivity index (χ0v) is 19.7. The molecule has 0 unspecified atom stereocenters. The van der Waals surface area contributed by atoms with Gasteiger partial charge in [0.1, 0.15) is 0 Å². The van der Waals surface area contributed by atoms with Gasteiger partial charge in [0.05, 0.1) is 52.2 Å². The first-order valence-corrected chi connectivity index (χ1v) is 10.3. The molecule has 0 saturated heterocycles. The first-order chi connectivity index (χ1) is 12.8. The van der Waals surface area contributed by atoms with E-state index >= 15 is 0 Å². The van der Waals surface area contributed by atoms with Gasteiger partial charge in [-0.3, -0.25) is 0 Å². The molecule has 0 aromatic carbocycles. The van der Waals surface area contributed by atoms with E-state index in [1.54, 1.807) is 0 Å². The Hall–Kier alpha value is 0.310. The van der Waals surface area contributed by atoms with Gasteiger partial charge in [0.25, 0.3) is 0 Å². The van der Waals surface area contributed by atoms with Gasteiger partial charge >= 0.3 is 29.6 Å². The number of hydrogen-bond donors (Lipinski definition) is 0. The summed E-state index contributed by atoms with van der Waals surface area (Å²) in [6.45, 7) is 5.43. The number of hydrogen-bond acceptors (Lipinski definition) is 6. The first kappa shape index (κ1) is 29.5. The van der Waals surface area contributed by atoms with Gasteiger partial charge in [-0.1, -0.05) is 64.7 Å². The topological polar surface area (TPSA) is 77.0 Å². The third-order valence-electron chi connectivity index (χ3n) is 3.98. The molecule has 0 rings (SSSR count). The molecule has 0 radical (unpaired) electrons. The second kappa shape index (κ2) is 26.3. The molecular weight excluding hydrogens is 359 g/mol. The van der Waals surface area contributed by atoms with Gasteiger partial charge in [0.15, 0.2) is 0 Å². The fourth-order valence-corrected chi connectivity index (χ4v) is 2.51. The number of ether oxygens (including phenoxy) is 4. The Labute approximate surface area is 187 Å². The number of aliphatic carboxylic acids is 1. The van der Waals surface area contributed by atoms with Crippen LogP contribution in [0, 0.1) is 0 Å². The van der Waals surface area contributed by atoms with E-state index in [9.17, 15) is 9.90 Å². The van der Waals surface area contributed by atoms with E-state index in [0.29, 0.717) is 33.0 Å². The Morgan fingerprint density at radius 3 is 1.41 bits per heavy atom. The van der Waals surface area contributed by atoms with Crippen LogP contribution in [0.1, 0.15) is 71.1 Å². The number of rotatable bonds is 22. The molecule has 0 atom stereocenters. The van der Waals surface area contributed by atoms with Crippen LogP contribution in [0.5, 0.6) is 0 Å². The summed E-state index contributed by atoms with van der Waals surface area (Å²) in [4.78, 5) is 10.1. The summed E-state index contributed by atoms with van der Waals surface area (Å²) in [7, 11) is 0. The Morgan fingerprint density at radius 2 is 0.963 bits per heavy atom. The van der Waals surface area contributed by atoms with Crippen LogP contribution in [-0.2, 0) is 23.7 Å². The van der Waals surface area contributed by atoms with E-state index in [0.717, 1.165) is 13.0 Å². The minimum Gasteiger partial charge on any atom is -0.548 e. The number of carbonyl (C=O) groups is 1. The molecule has 6 nitrogen and oxygen atoms in total. The first-order valence-electron chi connectivity index (χ1n) is 10.3. The fourth-order valence-electron chi connectivity index (χ4n) is 2.51. The molecule has 156 valence electrons. The van der Waals surface area contributed by atoms with E-state index in [4.69, 9.17) is 18.9 Å². The number of carboxylic acid groups (broad SMARTS) is 1. The minimum absolute atomic E-state index is 0. The average Bonchev–Trinajstić information content (AvgIpc) is 2.62. The van der Waals surface area contributed by atoms with Crippen molar-refractivity contribution in [2.24, 2.45) is 0 Å². The van der Waals surface area contributed by atoms with Crippen LogP contribution in [0.4, 0.5) is 0 Å². The predicted octanol–water partition coefficient (Wildman–Crippen LogP) is -0.272. The number of unbranched alkanes of at least 4 members (excludes halogenated alkanes) is 9. The fraction of sp³-hybridized carbons (Fsp3) is 0.950. The summed E-state index contributed by atoms with van der Waals surface area (Å²) < 4.78 is 20.9. The van der Waals surface area contributed by atoms with Crippen molar-refractivity contribution in [2.45, 2.75) is 71.1 Å². The summed E-state index contributed by atoms with van der Waals surface area (Å²) in [6.07, 6.45) is 13.3. The van der Waals surface area contributed by atoms with Gasteiger partial charge < -0.3 is 28.8 Å². The molecule has 0 aromatic rings. The van der Waals surface area contributed by atoms with Crippen molar-refractivity contribution in [1.29, 1.82) is 0 Å². The molecule has 0 bridgehead atoms. The van der Waals surface area contributed by atoms with Gasteiger partial charge in [-0.15, -0.1) is 0 Å². The zero-order chi connectivity index (χ0) is 19.1. The maximum Gasteiger partial charge on any atom is 1.00 e. The van der Waals surface area contributed by atoms with Gasteiger partial charge in [-0.05, 0) is 6.42 Å². The SMILES string of the molecule is CCCCCCCCCCCCOCCOCCOCCOCC(=O)[O-].[Na+]. The monoisotopic (exact) mass is 398 g/mol. The third-order valence-corrected chi connectivity index (χ3v) is 3.98. The summed E-state index contributed by atoms with van der Waals surface area (Å²) in [6, 6.07) is 0. The molecule has 0 fully saturated rings. The van der Waals surface area contributed by atoms with Crippen LogP contribution in [0.2, 0.25) is 0 Å². The van der Waals surface area contributed by atoms with Crippen molar-refractivity contribution < 1.29 is 58.4 Å². The molecule has 0 heterocycles. The third kappa shape index (κ3) is 28.6. The van der Waals surface area contributed by atoms with Crippen LogP contribution < -0.4 is 34.7 Å². The van der Waals surface area contributed by atoms with E-state index in [-0.39, 0.29) is 36.2 Å². The number of carbonyl (C=O) groups excluding carboxylic acids is 1. The van der Waals surface area contributed by atoms with Crippen LogP contribution in [0.25, 0.3) is 0 Å². The van der Waals surface area contributed by atoms with Gasteiger partial charge in [0.2, 0.25) is 0 Å². The Kier molecular flexibility index (Phi) is 28.8. The van der Waals surface area contributed by atoms with Crippen LogP contribution >= 0.6 is 0 Å². The number of carboxylic acids is 1. The molecular formula is C20H39NaO6. The molecule has 0 spiro atoms. The molecule has 0 aromatic heterocycles. The normalized spacial score (nSPS) is 10.7. The molecule has 7 heteroatoms. The zero-order valence-electron chi connectivity index (χ0n) is 17.7. The largest absolute Gasteiger partial charge is 1.00 e. The molecule has 0 aliphatic rings. The van der Waals surface area contributed by atoms with Crippen molar-refractivity contribution in [3.05, 3.63) is 0 Å². The van der Waals surface area contributed by atoms with E-state index < -0.39 is 12.6 Å². The molecule has 0 aliphatic carbocycles. The van der Waals surface area contributed by atoms with E-state index in [1.165, 1.54) is 57.8 Å². The smallest absolute Gasteiger partial charge is 0.548 e. The van der Waals surface area contributed by atoms with Crippen LogP contribution in [0.3, 0.4) is 0 Å². The summed E-state index contributed by atoms with van der Waals surface area (Å²) in [5, 5.41) is 10.1. The molecule has 0 aliphatic heterocycles. The average molecular weight is 399 g/mol. The summed E-state index contributed by atoms with van der Waals surface area (Å²) in [5.41, 5.74) is 0. The molecule has 0 N–H and O–H groups in total. The minimum atomic E-state index is -1.22. The second-order valence-electron chi connectivity index (χ2n) is 6.44. The van der Waals surface area contributed by atoms with Gasteiger partial charge in [-0.2, -0.15) is 0 Å². The Balaban J connectivity index is 0. The quantitative estimate of drug-likeness (QED) is 0.185. The standard InChI is InChI=1S/C20H40O6.Na/c1-2-3-4-5-6-7-8-9-10-11-12-23-13-14-24-15-16-25-17-18-26-19-20(21)22;/h2-19H2,1H3,(H,21,22);/q;+1/p-1. The van der Waals surface area contributed by atoms with Crippen LogP contribution in [-0.4, -0.2) is 58.8 Å². The van der Waals surface area contributed by atoms with E-state index in [2.05, 4.69) is 6.92 Å². The summed E-state index contributed by atoms with van der Waals surface area (Å²) >= 11 is 0. The maximum absolute atomic E-state index is 10.1. The van der Waals surface area contributed by atoms with Gasteiger partial charge in [0, 0.05) is 6.61 Å². The van der Waals surface area contributed by atoms with Crippen molar-refractivity contribution in [3.8, 4) is 0 Å². The predicted molar refractivity (Wildman–Crippen MR) is 100 cm³/mol. The summed E-state index contributed by atoms with van der Waals surface area (Å²) in [5.74, 6) is -1.22. The van der Waals surface area contributed by atoms with E-state index in [1.807, 2.05) is 0 Å². The van der Waals surface area contributed by atoms with Gasteiger partial charge in [-0.25, -0.2) is 0 Å². The maximum atomic E-state index is 10.1. The molecule has 0 amide bonds. The Bertz CT molecular complexity index is 292. The Morgan fingerprint density at radius 1 is 0.593 bits per heavy atom. The molecule has 27 heavy (non-hydrogen) atoms. The molecule has 0 saturated carbocycles. The van der Waals surface area contributed by atoms with Crippen LogP contribution in [0.15, 0.2) is 0 Å².